The second-order valence-electron chi connectivity index (χ2n) is 4.98. The third kappa shape index (κ3) is 3.11. The van der Waals surface area contributed by atoms with E-state index in [0.717, 1.165) is 0 Å². The van der Waals surface area contributed by atoms with E-state index in [9.17, 15) is 0 Å². The number of nitrogens with one attached hydrogen (secondary N) is 1. The van der Waals surface area contributed by atoms with Gasteiger partial charge in [-0.15, -0.1) is 0 Å². The fourth-order valence-corrected chi connectivity index (χ4v) is 2.30. The number of hydrogen-bond donors (Lipinski definition) is 1. The van der Waals surface area contributed by atoms with Gasteiger partial charge in [0.1, 0.15) is 0 Å². The minimum atomic E-state index is 0.428. The van der Waals surface area contributed by atoms with E-state index >= 15 is 0 Å². The van der Waals surface area contributed by atoms with Gasteiger partial charge in [-0.05, 0) is 41.8 Å². The van der Waals surface area contributed by atoms with Crippen LogP contribution in [-0.2, 0) is 0 Å². The van der Waals surface area contributed by atoms with Crippen molar-refractivity contribution in [3.05, 3.63) is 65.9 Å². The number of benzene rings is 2. The molecule has 2 aromatic rings. The Labute approximate surface area is 122 Å². The van der Waals surface area contributed by atoms with Crippen molar-refractivity contribution in [2.45, 2.75) is 33.7 Å². The molecule has 0 spiro atoms. The molecule has 104 valence electrons. The standard InChI is InChI=1S/C17H17N.C2H6/c1-12-3-5-15-10-16(8-7-14(15)9-12)17-6-4-13(2)18-11-17;1-2/h3-11,13,18H,1-2H3;1-2H3. The minimum Gasteiger partial charge on any atom is -0.384 e. The Bertz CT molecular complexity index is 650. The van der Waals surface area contributed by atoms with Crippen LogP contribution in [0.3, 0.4) is 0 Å². The van der Waals surface area contributed by atoms with Crippen molar-refractivity contribution >= 4 is 16.3 Å². The highest BCUT2D eigenvalue weighted by molar-refractivity contribution is 5.88. The third-order valence-electron chi connectivity index (χ3n) is 3.40. The van der Waals surface area contributed by atoms with Crippen molar-refractivity contribution in [1.29, 1.82) is 0 Å². The molecule has 1 nitrogen and oxygen atoms in total. The zero-order chi connectivity index (χ0) is 14.5. The number of hydrogen-bond acceptors (Lipinski definition) is 1. The quantitative estimate of drug-likeness (QED) is 0.759. The lowest BCUT2D eigenvalue weighted by molar-refractivity contribution is 0.764. The summed E-state index contributed by atoms with van der Waals surface area (Å²) in [7, 11) is 0. The van der Waals surface area contributed by atoms with Gasteiger partial charge in [-0.3, -0.25) is 0 Å². The van der Waals surface area contributed by atoms with Gasteiger partial charge in [0.25, 0.3) is 0 Å². The Morgan fingerprint density at radius 3 is 2.35 bits per heavy atom. The van der Waals surface area contributed by atoms with Gasteiger partial charge in [0.05, 0.1) is 0 Å². The number of fused-ring (bicyclic) bond motifs is 1. The summed E-state index contributed by atoms with van der Waals surface area (Å²) in [6.07, 6.45) is 6.48. The lowest BCUT2D eigenvalue weighted by Crippen LogP contribution is -2.20. The fourth-order valence-electron chi connectivity index (χ4n) is 2.30. The lowest BCUT2D eigenvalue weighted by Gasteiger charge is -2.15. The summed E-state index contributed by atoms with van der Waals surface area (Å²) < 4.78 is 0. The van der Waals surface area contributed by atoms with Crippen LogP contribution in [-0.4, -0.2) is 6.04 Å². The van der Waals surface area contributed by atoms with E-state index in [-0.39, 0.29) is 0 Å². The largest absolute Gasteiger partial charge is 0.384 e. The zero-order valence-electron chi connectivity index (χ0n) is 12.8. The second-order valence-corrected chi connectivity index (χ2v) is 4.98. The molecule has 1 unspecified atom stereocenters. The summed E-state index contributed by atoms with van der Waals surface area (Å²) in [5.41, 5.74) is 3.82. The van der Waals surface area contributed by atoms with Crippen molar-refractivity contribution in [3.8, 4) is 0 Å². The molecule has 1 heteroatoms. The van der Waals surface area contributed by atoms with Crippen LogP contribution in [0.1, 0.15) is 31.9 Å². The predicted molar refractivity (Wildman–Crippen MR) is 89.7 cm³/mol. The molecule has 0 radical (unpaired) electrons. The molecule has 1 N–H and O–H groups in total. The zero-order valence-corrected chi connectivity index (χ0v) is 12.8. The van der Waals surface area contributed by atoms with E-state index in [1.807, 2.05) is 13.8 Å². The van der Waals surface area contributed by atoms with Gasteiger partial charge in [-0.1, -0.05) is 61.9 Å². The Morgan fingerprint density at radius 1 is 0.950 bits per heavy atom. The van der Waals surface area contributed by atoms with E-state index in [0.29, 0.717) is 6.04 Å². The van der Waals surface area contributed by atoms with Crippen LogP contribution < -0.4 is 5.32 Å². The molecule has 0 amide bonds. The van der Waals surface area contributed by atoms with Gasteiger partial charge in [0, 0.05) is 12.2 Å². The normalized spacial score (nSPS) is 17.0. The Morgan fingerprint density at radius 2 is 1.65 bits per heavy atom. The molecule has 0 saturated heterocycles. The van der Waals surface area contributed by atoms with Crippen molar-refractivity contribution in [3.63, 3.8) is 0 Å². The summed E-state index contributed by atoms with van der Waals surface area (Å²) >= 11 is 0. The highest BCUT2D eigenvalue weighted by Crippen LogP contribution is 2.24. The first-order valence-corrected chi connectivity index (χ1v) is 7.37. The fraction of sp³-hybridized carbons (Fsp3) is 0.263. The van der Waals surface area contributed by atoms with Crippen LogP contribution in [0, 0.1) is 6.92 Å². The molecule has 0 fully saturated rings. The Hall–Kier alpha value is -2.02. The van der Waals surface area contributed by atoms with Crippen LogP contribution in [0.4, 0.5) is 0 Å². The molecule has 3 rings (SSSR count). The molecule has 1 aliphatic rings. The summed E-state index contributed by atoms with van der Waals surface area (Å²) in [6.45, 7) is 8.28. The monoisotopic (exact) mass is 265 g/mol. The van der Waals surface area contributed by atoms with E-state index in [1.165, 1.54) is 27.5 Å². The third-order valence-corrected chi connectivity index (χ3v) is 3.40. The van der Waals surface area contributed by atoms with Crippen molar-refractivity contribution in [2.75, 3.05) is 0 Å². The summed E-state index contributed by atoms with van der Waals surface area (Å²) in [5.74, 6) is 0. The van der Waals surface area contributed by atoms with Crippen LogP contribution in [0.25, 0.3) is 16.3 Å². The van der Waals surface area contributed by atoms with E-state index in [4.69, 9.17) is 0 Å². The van der Waals surface area contributed by atoms with Gasteiger partial charge in [0.15, 0.2) is 0 Å². The number of aryl methyl sites for hydroxylation is 1. The maximum Gasteiger partial charge on any atom is 0.0414 e. The van der Waals surface area contributed by atoms with Gasteiger partial charge in [-0.25, -0.2) is 0 Å². The predicted octanol–water partition coefficient (Wildman–Crippen LogP) is 5.06. The Kier molecular flexibility index (Phi) is 4.62. The molecule has 1 heterocycles. The van der Waals surface area contributed by atoms with Crippen molar-refractivity contribution in [2.24, 2.45) is 0 Å². The van der Waals surface area contributed by atoms with Crippen LogP contribution in [0.2, 0.25) is 0 Å². The smallest absolute Gasteiger partial charge is 0.0414 e. The first-order valence-electron chi connectivity index (χ1n) is 7.37. The maximum absolute atomic E-state index is 3.34. The minimum absolute atomic E-state index is 0.428. The van der Waals surface area contributed by atoms with E-state index < -0.39 is 0 Å². The molecule has 0 saturated carbocycles. The number of rotatable bonds is 1. The average molecular weight is 265 g/mol. The van der Waals surface area contributed by atoms with Crippen molar-refractivity contribution in [1.82, 2.24) is 5.32 Å². The molecule has 2 aromatic carbocycles. The summed E-state index contributed by atoms with van der Waals surface area (Å²) in [5, 5.41) is 5.94. The second kappa shape index (κ2) is 6.42. The summed E-state index contributed by atoms with van der Waals surface area (Å²) in [6, 6.07) is 13.7. The molecular weight excluding hydrogens is 242 g/mol. The van der Waals surface area contributed by atoms with Gasteiger partial charge < -0.3 is 5.32 Å². The maximum atomic E-state index is 3.34. The number of dihydropyridines is 1. The molecule has 0 aliphatic carbocycles. The highest BCUT2D eigenvalue weighted by Gasteiger charge is 2.05. The topological polar surface area (TPSA) is 12.0 Å². The van der Waals surface area contributed by atoms with Crippen molar-refractivity contribution < 1.29 is 0 Å². The first kappa shape index (κ1) is 14.4. The van der Waals surface area contributed by atoms with Gasteiger partial charge in [-0.2, -0.15) is 0 Å². The number of allylic oxidation sites excluding steroid dienone is 2. The first-order chi connectivity index (χ1) is 9.72. The van der Waals surface area contributed by atoms with Crippen LogP contribution in [0.15, 0.2) is 54.8 Å². The van der Waals surface area contributed by atoms with Crippen LogP contribution in [0.5, 0.6) is 0 Å². The molecule has 0 aromatic heterocycles. The Balaban J connectivity index is 0.000000704. The van der Waals surface area contributed by atoms with Gasteiger partial charge in [0.2, 0.25) is 0 Å². The molecular formula is C19H23N. The average Bonchev–Trinajstić information content (AvgIpc) is 2.49. The molecule has 0 bridgehead atoms. The van der Waals surface area contributed by atoms with E-state index in [2.05, 4.69) is 73.9 Å². The van der Waals surface area contributed by atoms with Gasteiger partial charge >= 0.3 is 0 Å². The summed E-state index contributed by atoms with van der Waals surface area (Å²) in [4.78, 5) is 0. The SMILES string of the molecule is CC.Cc1ccc2cc(C3=CNC(C)C=C3)ccc2c1. The molecule has 1 atom stereocenters. The molecule has 20 heavy (non-hydrogen) atoms. The lowest BCUT2D eigenvalue weighted by atomic mass is 9.99. The van der Waals surface area contributed by atoms with Crippen LogP contribution >= 0.6 is 0 Å². The van der Waals surface area contributed by atoms with E-state index in [1.54, 1.807) is 0 Å². The highest BCUT2D eigenvalue weighted by atomic mass is 14.9. The molecule has 1 aliphatic heterocycles.